The minimum absolute atomic E-state index is 0.0712. The van der Waals surface area contributed by atoms with E-state index in [9.17, 15) is 9.18 Å². The normalized spacial score (nSPS) is 10.2. The van der Waals surface area contributed by atoms with Crippen molar-refractivity contribution in [3.05, 3.63) is 59.0 Å². The minimum atomic E-state index is -1.07. The predicted molar refractivity (Wildman–Crippen MR) is 69.7 cm³/mol. The van der Waals surface area contributed by atoms with E-state index in [2.05, 4.69) is 10.3 Å². The van der Waals surface area contributed by atoms with Gasteiger partial charge in [-0.2, -0.15) is 0 Å². The molecule has 2 aromatic rings. The molecule has 0 spiro atoms. The first kappa shape index (κ1) is 13.0. The molecule has 2 rings (SSSR count). The Kier molecular flexibility index (Phi) is 3.75. The number of carboxylic acid groups (broad SMARTS) is 1. The maximum atomic E-state index is 13.5. The Hall–Kier alpha value is -2.43. The van der Waals surface area contributed by atoms with Crippen LogP contribution in [-0.4, -0.2) is 16.1 Å². The summed E-state index contributed by atoms with van der Waals surface area (Å²) in [6.07, 6.45) is 0. The summed E-state index contributed by atoms with van der Waals surface area (Å²) in [7, 11) is 0. The van der Waals surface area contributed by atoms with Crippen LogP contribution in [0.3, 0.4) is 0 Å². The van der Waals surface area contributed by atoms with Gasteiger partial charge in [0, 0.05) is 17.8 Å². The number of aromatic carboxylic acids is 1. The molecular formula is C14H13FN2O2. The van der Waals surface area contributed by atoms with Crippen LogP contribution < -0.4 is 5.32 Å². The van der Waals surface area contributed by atoms with Crippen LogP contribution in [0.4, 0.5) is 10.2 Å². The lowest BCUT2D eigenvalue weighted by atomic mass is 10.2. The molecule has 0 fully saturated rings. The second-order valence-corrected chi connectivity index (χ2v) is 4.10. The molecule has 0 atom stereocenters. The zero-order valence-electron chi connectivity index (χ0n) is 10.4. The summed E-state index contributed by atoms with van der Waals surface area (Å²) >= 11 is 0. The highest BCUT2D eigenvalue weighted by atomic mass is 19.1. The summed E-state index contributed by atoms with van der Waals surface area (Å²) in [5.41, 5.74) is 1.23. The maximum Gasteiger partial charge on any atom is 0.339 e. The van der Waals surface area contributed by atoms with E-state index < -0.39 is 5.97 Å². The third-order valence-electron chi connectivity index (χ3n) is 2.67. The Morgan fingerprint density at radius 3 is 2.74 bits per heavy atom. The number of aromatic nitrogens is 1. The van der Waals surface area contributed by atoms with Crippen LogP contribution in [0.5, 0.6) is 0 Å². The zero-order valence-corrected chi connectivity index (χ0v) is 10.4. The quantitative estimate of drug-likeness (QED) is 0.887. The van der Waals surface area contributed by atoms with Crippen molar-refractivity contribution < 1.29 is 14.3 Å². The molecule has 4 nitrogen and oxygen atoms in total. The first-order valence-corrected chi connectivity index (χ1v) is 5.76. The number of rotatable bonds is 4. The van der Waals surface area contributed by atoms with Gasteiger partial charge in [0.2, 0.25) is 0 Å². The molecule has 5 heteroatoms. The van der Waals surface area contributed by atoms with Gasteiger partial charge in [0.25, 0.3) is 0 Å². The van der Waals surface area contributed by atoms with Crippen LogP contribution in [0.15, 0.2) is 36.4 Å². The number of halogens is 1. The smallest absolute Gasteiger partial charge is 0.339 e. The van der Waals surface area contributed by atoms with E-state index in [4.69, 9.17) is 5.11 Å². The van der Waals surface area contributed by atoms with Crippen LogP contribution in [0.25, 0.3) is 0 Å². The molecule has 0 bridgehead atoms. The van der Waals surface area contributed by atoms with Gasteiger partial charge in [-0.05, 0) is 25.1 Å². The van der Waals surface area contributed by atoms with Gasteiger partial charge in [-0.15, -0.1) is 0 Å². The van der Waals surface area contributed by atoms with Gasteiger partial charge in [-0.1, -0.05) is 18.2 Å². The van der Waals surface area contributed by atoms with Crippen LogP contribution in [0, 0.1) is 12.7 Å². The summed E-state index contributed by atoms with van der Waals surface area (Å²) < 4.78 is 13.5. The van der Waals surface area contributed by atoms with E-state index in [1.165, 1.54) is 12.1 Å². The number of nitrogens with zero attached hydrogens (tertiary/aromatic N) is 1. The fraction of sp³-hybridized carbons (Fsp3) is 0.143. The predicted octanol–water partition coefficient (Wildman–Crippen LogP) is 2.84. The lowest BCUT2D eigenvalue weighted by Crippen LogP contribution is -2.09. The summed E-state index contributed by atoms with van der Waals surface area (Å²) in [5, 5.41) is 11.9. The summed E-state index contributed by atoms with van der Waals surface area (Å²) in [6, 6.07) is 9.43. The summed E-state index contributed by atoms with van der Waals surface area (Å²) in [6.45, 7) is 1.95. The van der Waals surface area contributed by atoms with Crippen molar-refractivity contribution in [2.75, 3.05) is 5.32 Å². The highest BCUT2D eigenvalue weighted by Gasteiger charge is 2.11. The van der Waals surface area contributed by atoms with E-state index in [1.54, 1.807) is 31.2 Å². The molecule has 1 aromatic carbocycles. The van der Waals surface area contributed by atoms with Crippen LogP contribution in [0.2, 0.25) is 0 Å². The SMILES string of the molecule is Cc1ccc(C(=O)O)c(NCc2ccccc2F)n1. The van der Waals surface area contributed by atoms with Gasteiger partial charge in [-0.25, -0.2) is 14.2 Å². The van der Waals surface area contributed by atoms with E-state index in [0.29, 0.717) is 11.3 Å². The van der Waals surface area contributed by atoms with Gasteiger partial charge >= 0.3 is 5.97 Å². The molecule has 0 aliphatic rings. The second kappa shape index (κ2) is 5.48. The molecule has 0 unspecified atom stereocenters. The van der Waals surface area contributed by atoms with Gasteiger partial charge in [0.05, 0.1) is 0 Å². The van der Waals surface area contributed by atoms with Crippen molar-refractivity contribution in [2.24, 2.45) is 0 Å². The average Bonchev–Trinajstić information content (AvgIpc) is 2.37. The fourth-order valence-electron chi connectivity index (χ4n) is 1.68. The van der Waals surface area contributed by atoms with Crippen molar-refractivity contribution in [3.63, 3.8) is 0 Å². The fourth-order valence-corrected chi connectivity index (χ4v) is 1.68. The number of benzene rings is 1. The number of nitrogens with one attached hydrogen (secondary N) is 1. The molecule has 0 aliphatic carbocycles. The Balaban J connectivity index is 2.22. The topological polar surface area (TPSA) is 62.2 Å². The summed E-state index contributed by atoms with van der Waals surface area (Å²) in [5.74, 6) is -1.15. The van der Waals surface area contributed by atoms with Gasteiger partial charge in [0.15, 0.2) is 0 Å². The number of anilines is 1. The third-order valence-corrected chi connectivity index (χ3v) is 2.67. The Morgan fingerprint density at radius 2 is 2.05 bits per heavy atom. The van der Waals surface area contributed by atoms with E-state index in [-0.39, 0.29) is 23.7 Å². The minimum Gasteiger partial charge on any atom is -0.478 e. The number of carboxylic acids is 1. The maximum absolute atomic E-state index is 13.5. The highest BCUT2D eigenvalue weighted by Crippen LogP contribution is 2.15. The Labute approximate surface area is 109 Å². The monoisotopic (exact) mass is 260 g/mol. The molecule has 0 aliphatic heterocycles. The average molecular weight is 260 g/mol. The molecule has 98 valence electrons. The number of pyridine rings is 1. The van der Waals surface area contributed by atoms with Crippen molar-refractivity contribution in [2.45, 2.75) is 13.5 Å². The Bertz CT molecular complexity index is 614. The first-order chi connectivity index (χ1) is 9.08. The number of hydrogen-bond acceptors (Lipinski definition) is 3. The van der Waals surface area contributed by atoms with Crippen molar-refractivity contribution >= 4 is 11.8 Å². The van der Waals surface area contributed by atoms with Gasteiger partial charge in [-0.3, -0.25) is 0 Å². The molecule has 0 radical (unpaired) electrons. The standard InChI is InChI=1S/C14H13FN2O2/c1-9-6-7-11(14(18)19)13(17-9)16-8-10-4-2-3-5-12(10)15/h2-7H,8H2,1H3,(H,16,17)(H,18,19). The second-order valence-electron chi connectivity index (χ2n) is 4.10. The zero-order chi connectivity index (χ0) is 13.8. The van der Waals surface area contributed by atoms with E-state index in [1.807, 2.05) is 0 Å². The van der Waals surface area contributed by atoms with Gasteiger partial charge < -0.3 is 10.4 Å². The van der Waals surface area contributed by atoms with Crippen LogP contribution >= 0.6 is 0 Å². The highest BCUT2D eigenvalue weighted by molar-refractivity contribution is 5.93. The molecule has 19 heavy (non-hydrogen) atoms. The third kappa shape index (κ3) is 3.07. The molecule has 0 saturated carbocycles. The molecule has 0 amide bonds. The summed E-state index contributed by atoms with van der Waals surface area (Å²) in [4.78, 5) is 15.2. The van der Waals surface area contributed by atoms with Crippen LogP contribution in [-0.2, 0) is 6.54 Å². The lowest BCUT2D eigenvalue weighted by Gasteiger charge is -2.10. The molecule has 2 N–H and O–H groups in total. The largest absolute Gasteiger partial charge is 0.478 e. The number of aryl methyl sites for hydroxylation is 1. The van der Waals surface area contributed by atoms with Crippen molar-refractivity contribution in [1.82, 2.24) is 4.98 Å². The first-order valence-electron chi connectivity index (χ1n) is 5.76. The lowest BCUT2D eigenvalue weighted by molar-refractivity contribution is 0.0697. The Morgan fingerprint density at radius 1 is 1.32 bits per heavy atom. The van der Waals surface area contributed by atoms with E-state index in [0.717, 1.165) is 0 Å². The van der Waals surface area contributed by atoms with E-state index >= 15 is 0 Å². The number of carbonyl (C=O) groups is 1. The molecule has 0 saturated heterocycles. The molecule has 1 heterocycles. The molecule has 1 aromatic heterocycles. The molecular weight excluding hydrogens is 247 g/mol. The van der Waals surface area contributed by atoms with Crippen LogP contribution in [0.1, 0.15) is 21.6 Å². The van der Waals surface area contributed by atoms with Gasteiger partial charge in [0.1, 0.15) is 17.2 Å². The van der Waals surface area contributed by atoms with Crippen molar-refractivity contribution in [3.8, 4) is 0 Å². The van der Waals surface area contributed by atoms with Crippen molar-refractivity contribution in [1.29, 1.82) is 0 Å². The number of hydrogen-bond donors (Lipinski definition) is 2.